The maximum Gasteiger partial charge on any atom is 0.224 e. The van der Waals surface area contributed by atoms with Crippen LogP contribution in [0.2, 0.25) is 0 Å². The fraction of sp³-hybridized carbons (Fsp3) is 0.222. The molecule has 25 heavy (non-hydrogen) atoms. The van der Waals surface area contributed by atoms with Gasteiger partial charge in [0.25, 0.3) is 0 Å². The first-order chi connectivity index (χ1) is 12.1. The Morgan fingerprint density at radius 3 is 2.72 bits per heavy atom. The summed E-state index contributed by atoms with van der Waals surface area (Å²) >= 11 is 0. The number of carbonyl (C=O) groups excluding carboxylic acids is 1. The van der Waals surface area contributed by atoms with Crippen LogP contribution in [0.15, 0.2) is 55.4 Å². The van der Waals surface area contributed by atoms with Crippen LogP contribution in [-0.2, 0) is 4.79 Å². The van der Waals surface area contributed by atoms with Crippen molar-refractivity contribution in [2.45, 2.75) is 20.3 Å². The fourth-order valence-electron chi connectivity index (χ4n) is 2.23. The van der Waals surface area contributed by atoms with E-state index in [1.807, 2.05) is 13.8 Å². The number of aromatic nitrogens is 4. The van der Waals surface area contributed by atoms with Crippen LogP contribution in [0.3, 0.4) is 0 Å². The summed E-state index contributed by atoms with van der Waals surface area (Å²) in [5, 5.41) is 2.86. The molecular formula is C18H19N5O2. The summed E-state index contributed by atoms with van der Waals surface area (Å²) in [7, 11) is 0. The van der Waals surface area contributed by atoms with Crippen molar-refractivity contribution in [3.05, 3.63) is 55.4 Å². The minimum absolute atomic E-state index is 0.00411. The molecular weight excluding hydrogens is 318 g/mol. The molecule has 0 aliphatic carbocycles. The molecule has 3 rings (SSSR count). The van der Waals surface area contributed by atoms with Crippen LogP contribution in [0.4, 0.5) is 5.69 Å². The number of rotatable bonds is 6. The van der Waals surface area contributed by atoms with Crippen molar-refractivity contribution in [2.24, 2.45) is 5.92 Å². The monoisotopic (exact) mass is 337 g/mol. The lowest BCUT2D eigenvalue weighted by Gasteiger charge is -2.09. The lowest BCUT2D eigenvalue weighted by atomic mass is 10.1. The summed E-state index contributed by atoms with van der Waals surface area (Å²) in [6.07, 6.45) is 7.05. The molecule has 7 nitrogen and oxygen atoms in total. The molecule has 7 heteroatoms. The van der Waals surface area contributed by atoms with Gasteiger partial charge in [-0.2, -0.15) is 0 Å². The van der Waals surface area contributed by atoms with Gasteiger partial charge in [-0.1, -0.05) is 13.8 Å². The molecule has 0 radical (unpaired) electrons. The van der Waals surface area contributed by atoms with Crippen molar-refractivity contribution in [3.63, 3.8) is 0 Å². The number of hydrogen-bond acceptors (Lipinski definition) is 5. The van der Waals surface area contributed by atoms with E-state index in [2.05, 4.69) is 20.3 Å². The van der Waals surface area contributed by atoms with Crippen molar-refractivity contribution in [2.75, 3.05) is 5.32 Å². The largest absolute Gasteiger partial charge is 0.439 e. The lowest BCUT2D eigenvalue weighted by molar-refractivity contribution is -0.116. The van der Waals surface area contributed by atoms with Gasteiger partial charge in [-0.25, -0.2) is 15.0 Å². The SMILES string of the molecule is CC(C)CC(=O)Nc1ccc(Oc2cc(-n3ccnc3)ncn2)cc1. The normalized spacial score (nSPS) is 10.7. The van der Waals surface area contributed by atoms with Gasteiger partial charge in [-0.05, 0) is 30.2 Å². The quantitative estimate of drug-likeness (QED) is 0.745. The molecule has 2 heterocycles. The van der Waals surface area contributed by atoms with E-state index in [1.54, 1.807) is 53.6 Å². The number of hydrogen-bond donors (Lipinski definition) is 1. The number of benzene rings is 1. The molecule has 0 aliphatic heterocycles. The standard InChI is InChI=1S/C18H19N5O2/c1-13(2)9-17(24)22-14-3-5-15(6-4-14)25-18-10-16(20-11-21-18)23-8-7-19-12-23/h3-8,10-13H,9H2,1-2H3,(H,22,24). The molecule has 0 atom stereocenters. The van der Waals surface area contributed by atoms with E-state index >= 15 is 0 Å². The Hall–Kier alpha value is -3.22. The first-order valence-corrected chi connectivity index (χ1v) is 7.98. The molecule has 1 aromatic carbocycles. The average Bonchev–Trinajstić information content (AvgIpc) is 3.11. The van der Waals surface area contributed by atoms with Crippen LogP contribution < -0.4 is 10.1 Å². The first kappa shape index (κ1) is 16.6. The highest BCUT2D eigenvalue weighted by Crippen LogP contribution is 2.22. The molecule has 128 valence electrons. The minimum atomic E-state index is 0.00411. The second kappa shape index (κ2) is 7.57. The van der Waals surface area contributed by atoms with Crippen molar-refractivity contribution >= 4 is 11.6 Å². The smallest absolute Gasteiger partial charge is 0.224 e. The molecule has 1 N–H and O–H groups in total. The van der Waals surface area contributed by atoms with Gasteiger partial charge < -0.3 is 10.1 Å². The fourth-order valence-corrected chi connectivity index (χ4v) is 2.23. The Bertz CT molecular complexity index is 829. The molecule has 0 fully saturated rings. The zero-order valence-electron chi connectivity index (χ0n) is 14.1. The zero-order valence-corrected chi connectivity index (χ0v) is 14.1. The maximum absolute atomic E-state index is 11.8. The zero-order chi connectivity index (χ0) is 17.6. The number of anilines is 1. The lowest BCUT2D eigenvalue weighted by Crippen LogP contribution is -2.13. The van der Waals surface area contributed by atoms with Gasteiger partial charge in [0, 0.05) is 30.6 Å². The molecule has 3 aromatic rings. The van der Waals surface area contributed by atoms with E-state index < -0.39 is 0 Å². The van der Waals surface area contributed by atoms with Crippen LogP contribution in [-0.4, -0.2) is 25.4 Å². The maximum atomic E-state index is 11.8. The summed E-state index contributed by atoms with van der Waals surface area (Å²) in [5.41, 5.74) is 0.736. The average molecular weight is 337 g/mol. The third kappa shape index (κ3) is 4.63. The highest BCUT2D eigenvalue weighted by Gasteiger charge is 2.06. The van der Waals surface area contributed by atoms with E-state index in [-0.39, 0.29) is 5.91 Å². The third-order valence-electron chi connectivity index (χ3n) is 3.35. The molecule has 0 saturated heterocycles. The topological polar surface area (TPSA) is 81.9 Å². The number of amides is 1. The summed E-state index contributed by atoms with van der Waals surface area (Å²) in [4.78, 5) is 24.1. The predicted octanol–water partition coefficient (Wildman–Crippen LogP) is 3.44. The van der Waals surface area contributed by atoms with Gasteiger partial charge in [-0.3, -0.25) is 9.36 Å². The van der Waals surface area contributed by atoms with E-state index in [0.717, 1.165) is 5.69 Å². The van der Waals surface area contributed by atoms with Crippen molar-refractivity contribution in [1.82, 2.24) is 19.5 Å². The Labute approximate surface area is 145 Å². The Balaban J connectivity index is 1.66. The number of carbonyl (C=O) groups is 1. The van der Waals surface area contributed by atoms with Gasteiger partial charge in [0.15, 0.2) is 0 Å². The van der Waals surface area contributed by atoms with E-state index in [1.165, 1.54) is 6.33 Å². The van der Waals surface area contributed by atoms with Crippen molar-refractivity contribution in [3.8, 4) is 17.4 Å². The van der Waals surface area contributed by atoms with Crippen molar-refractivity contribution < 1.29 is 9.53 Å². The van der Waals surface area contributed by atoms with E-state index in [4.69, 9.17) is 4.74 Å². The second-order valence-corrected chi connectivity index (χ2v) is 5.96. The highest BCUT2D eigenvalue weighted by molar-refractivity contribution is 5.90. The van der Waals surface area contributed by atoms with E-state index in [9.17, 15) is 4.79 Å². The molecule has 0 spiro atoms. The summed E-state index contributed by atoms with van der Waals surface area (Å²) in [5.74, 6) is 2.04. The number of ether oxygens (including phenoxy) is 1. The second-order valence-electron chi connectivity index (χ2n) is 5.96. The first-order valence-electron chi connectivity index (χ1n) is 7.98. The summed E-state index contributed by atoms with van der Waals surface area (Å²) < 4.78 is 7.51. The van der Waals surface area contributed by atoms with Gasteiger partial charge in [0.05, 0.1) is 0 Å². The molecule has 0 saturated carbocycles. The van der Waals surface area contributed by atoms with Crippen molar-refractivity contribution in [1.29, 1.82) is 0 Å². The van der Waals surface area contributed by atoms with Crippen LogP contribution >= 0.6 is 0 Å². The Morgan fingerprint density at radius 1 is 1.24 bits per heavy atom. The Morgan fingerprint density at radius 2 is 2.04 bits per heavy atom. The van der Waals surface area contributed by atoms with Gasteiger partial charge in [0.1, 0.15) is 24.2 Å². The molecule has 0 bridgehead atoms. The predicted molar refractivity (Wildman–Crippen MR) is 93.8 cm³/mol. The highest BCUT2D eigenvalue weighted by atomic mass is 16.5. The van der Waals surface area contributed by atoms with Gasteiger partial charge >= 0.3 is 0 Å². The Kier molecular flexibility index (Phi) is 5.03. The van der Waals surface area contributed by atoms with Crippen LogP contribution in [0.5, 0.6) is 11.6 Å². The summed E-state index contributed by atoms with van der Waals surface area (Å²) in [6.45, 7) is 4.02. The molecule has 0 unspecified atom stereocenters. The van der Waals surface area contributed by atoms with Crippen LogP contribution in [0.1, 0.15) is 20.3 Å². The van der Waals surface area contributed by atoms with Gasteiger partial charge in [-0.15, -0.1) is 0 Å². The van der Waals surface area contributed by atoms with Crippen LogP contribution in [0.25, 0.3) is 5.82 Å². The minimum Gasteiger partial charge on any atom is -0.439 e. The molecule has 1 amide bonds. The van der Waals surface area contributed by atoms with E-state index in [0.29, 0.717) is 29.8 Å². The summed E-state index contributed by atoms with van der Waals surface area (Å²) in [6, 6.07) is 8.88. The molecule has 0 aliphatic rings. The third-order valence-corrected chi connectivity index (χ3v) is 3.35. The number of imidazole rings is 1. The van der Waals surface area contributed by atoms with Crippen LogP contribution in [0, 0.1) is 5.92 Å². The number of nitrogens with zero attached hydrogens (tertiary/aromatic N) is 4. The van der Waals surface area contributed by atoms with Gasteiger partial charge in [0.2, 0.25) is 11.8 Å². The molecule has 2 aromatic heterocycles. The number of nitrogens with one attached hydrogen (secondary N) is 1.